The van der Waals surface area contributed by atoms with Gasteiger partial charge in [-0.15, -0.1) is 0 Å². The molecule has 1 unspecified atom stereocenters. The minimum atomic E-state index is 0.236. The predicted molar refractivity (Wildman–Crippen MR) is 75.0 cm³/mol. The first-order valence-corrected chi connectivity index (χ1v) is 6.60. The van der Waals surface area contributed by atoms with Gasteiger partial charge in [-0.05, 0) is 48.9 Å². The lowest BCUT2D eigenvalue weighted by Gasteiger charge is -2.19. The highest BCUT2D eigenvalue weighted by Crippen LogP contribution is 2.25. The molecule has 18 heavy (non-hydrogen) atoms. The fraction of sp³-hybridized carbons (Fsp3) is 0.333. The van der Waals surface area contributed by atoms with E-state index in [0.717, 1.165) is 23.7 Å². The highest BCUT2D eigenvalue weighted by molar-refractivity contribution is 6.30. The van der Waals surface area contributed by atoms with Crippen molar-refractivity contribution in [3.05, 3.63) is 58.5 Å². The van der Waals surface area contributed by atoms with E-state index in [4.69, 9.17) is 16.0 Å². The number of benzene rings is 1. The van der Waals surface area contributed by atoms with Crippen LogP contribution in [0.5, 0.6) is 0 Å². The molecule has 0 bridgehead atoms. The summed E-state index contributed by atoms with van der Waals surface area (Å²) < 4.78 is 5.43. The Labute approximate surface area is 113 Å². The van der Waals surface area contributed by atoms with Crippen molar-refractivity contribution in [3.8, 4) is 0 Å². The Hall–Kier alpha value is -1.25. The number of halogens is 1. The molecule has 0 radical (unpaired) electrons. The van der Waals surface area contributed by atoms with E-state index in [-0.39, 0.29) is 6.04 Å². The Bertz CT molecular complexity index is 493. The molecular formula is C15H18ClNO. The van der Waals surface area contributed by atoms with E-state index in [2.05, 4.69) is 25.2 Å². The quantitative estimate of drug-likeness (QED) is 0.877. The van der Waals surface area contributed by atoms with E-state index in [1.54, 1.807) is 6.26 Å². The molecule has 96 valence electrons. The van der Waals surface area contributed by atoms with E-state index >= 15 is 0 Å². The molecular weight excluding hydrogens is 246 g/mol. The summed E-state index contributed by atoms with van der Waals surface area (Å²) in [5.41, 5.74) is 2.48. The average Bonchev–Trinajstić information content (AvgIpc) is 2.85. The summed E-state index contributed by atoms with van der Waals surface area (Å²) in [7, 11) is 0. The number of aryl methyl sites for hydroxylation is 1. The Balaban J connectivity index is 2.26. The fourth-order valence-electron chi connectivity index (χ4n) is 2.16. The Morgan fingerprint density at radius 2 is 2.17 bits per heavy atom. The van der Waals surface area contributed by atoms with Gasteiger partial charge in [-0.2, -0.15) is 0 Å². The van der Waals surface area contributed by atoms with Crippen LogP contribution in [-0.2, 0) is 6.42 Å². The lowest BCUT2D eigenvalue weighted by molar-refractivity contribution is 0.454. The van der Waals surface area contributed by atoms with Gasteiger partial charge in [0.25, 0.3) is 0 Å². The molecule has 1 aromatic carbocycles. The predicted octanol–water partition coefficient (Wildman–Crippen LogP) is 4.13. The van der Waals surface area contributed by atoms with E-state index in [9.17, 15) is 0 Å². The number of likely N-dealkylation sites (N-methyl/N-ethyl adjacent to an activating group) is 1. The normalized spacial score (nSPS) is 12.6. The van der Waals surface area contributed by atoms with Gasteiger partial charge < -0.3 is 9.73 Å². The van der Waals surface area contributed by atoms with Crippen LogP contribution in [-0.4, -0.2) is 6.54 Å². The SMILES string of the molecule is CCNC(Cc1ccco1)c1cc(Cl)ccc1C. The van der Waals surface area contributed by atoms with Gasteiger partial charge in [0, 0.05) is 17.5 Å². The summed E-state index contributed by atoms with van der Waals surface area (Å²) in [5, 5.41) is 4.26. The number of rotatable bonds is 5. The lowest BCUT2D eigenvalue weighted by atomic mass is 9.98. The van der Waals surface area contributed by atoms with Crippen molar-refractivity contribution in [3.63, 3.8) is 0 Å². The molecule has 0 aliphatic rings. The first-order valence-electron chi connectivity index (χ1n) is 6.22. The molecule has 0 saturated carbocycles. The van der Waals surface area contributed by atoms with E-state index < -0.39 is 0 Å². The van der Waals surface area contributed by atoms with Crippen molar-refractivity contribution in [2.45, 2.75) is 26.3 Å². The lowest BCUT2D eigenvalue weighted by Crippen LogP contribution is -2.23. The van der Waals surface area contributed by atoms with Crippen LogP contribution in [0.3, 0.4) is 0 Å². The van der Waals surface area contributed by atoms with Crippen LogP contribution in [0.15, 0.2) is 41.0 Å². The number of nitrogens with one attached hydrogen (secondary N) is 1. The molecule has 0 aliphatic carbocycles. The molecule has 1 heterocycles. The summed E-state index contributed by atoms with van der Waals surface area (Å²) in [6, 6.07) is 10.2. The van der Waals surface area contributed by atoms with Crippen LogP contribution < -0.4 is 5.32 Å². The van der Waals surface area contributed by atoms with Crippen LogP contribution in [0.2, 0.25) is 5.02 Å². The van der Waals surface area contributed by atoms with E-state index in [1.165, 1.54) is 11.1 Å². The van der Waals surface area contributed by atoms with Gasteiger partial charge in [0.15, 0.2) is 0 Å². The van der Waals surface area contributed by atoms with Crippen molar-refractivity contribution in [2.24, 2.45) is 0 Å². The summed E-state index contributed by atoms with van der Waals surface area (Å²) in [4.78, 5) is 0. The third-order valence-electron chi connectivity index (χ3n) is 3.05. The standard InChI is InChI=1S/C15H18ClNO/c1-3-17-15(10-13-5-4-8-18-13)14-9-12(16)7-6-11(14)2/h4-9,15,17H,3,10H2,1-2H3. The van der Waals surface area contributed by atoms with Crippen LogP contribution in [0.25, 0.3) is 0 Å². The topological polar surface area (TPSA) is 25.2 Å². The van der Waals surface area contributed by atoms with Crippen molar-refractivity contribution >= 4 is 11.6 Å². The first-order chi connectivity index (χ1) is 8.70. The highest BCUT2D eigenvalue weighted by atomic mass is 35.5. The Morgan fingerprint density at radius 1 is 1.33 bits per heavy atom. The van der Waals surface area contributed by atoms with Gasteiger partial charge in [-0.1, -0.05) is 24.6 Å². The summed E-state index contributed by atoms with van der Waals surface area (Å²) >= 11 is 6.09. The maximum atomic E-state index is 6.09. The molecule has 2 nitrogen and oxygen atoms in total. The fourth-order valence-corrected chi connectivity index (χ4v) is 2.34. The highest BCUT2D eigenvalue weighted by Gasteiger charge is 2.15. The Morgan fingerprint density at radius 3 is 2.83 bits per heavy atom. The molecule has 0 amide bonds. The summed E-state index contributed by atoms with van der Waals surface area (Å²) in [6.45, 7) is 5.13. The van der Waals surface area contributed by atoms with E-state index in [0.29, 0.717) is 0 Å². The van der Waals surface area contributed by atoms with Crippen LogP contribution in [0.4, 0.5) is 0 Å². The maximum Gasteiger partial charge on any atom is 0.105 e. The first kappa shape index (κ1) is 13.2. The van der Waals surface area contributed by atoms with Gasteiger partial charge in [0.05, 0.1) is 6.26 Å². The molecule has 2 rings (SSSR count). The molecule has 3 heteroatoms. The number of hydrogen-bond donors (Lipinski definition) is 1. The van der Waals surface area contributed by atoms with Crippen molar-refractivity contribution in [2.75, 3.05) is 6.54 Å². The number of hydrogen-bond acceptors (Lipinski definition) is 2. The second-order valence-corrected chi connectivity index (χ2v) is 4.83. The third-order valence-corrected chi connectivity index (χ3v) is 3.29. The average molecular weight is 264 g/mol. The summed E-state index contributed by atoms with van der Waals surface area (Å²) in [6.07, 6.45) is 2.55. The minimum absolute atomic E-state index is 0.236. The van der Waals surface area contributed by atoms with Crippen LogP contribution in [0, 0.1) is 6.92 Å². The Kier molecular flexibility index (Phi) is 4.45. The molecule has 0 saturated heterocycles. The summed E-state index contributed by atoms with van der Waals surface area (Å²) in [5.74, 6) is 0.986. The van der Waals surface area contributed by atoms with Crippen molar-refractivity contribution < 1.29 is 4.42 Å². The molecule has 1 atom stereocenters. The van der Waals surface area contributed by atoms with Gasteiger partial charge in [-0.25, -0.2) is 0 Å². The van der Waals surface area contributed by atoms with Crippen molar-refractivity contribution in [1.82, 2.24) is 5.32 Å². The molecule has 1 N–H and O–H groups in total. The third kappa shape index (κ3) is 3.15. The second-order valence-electron chi connectivity index (χ2n) is 4.39. The molecule has 1 aromatic heterocycles. The van der Waals surface area contributed by atoms with Crippen molar-refractivity contribution in [1.29, 1.82) is 0 Å². The minimum Gasteiger partial charge on any atom is -0.469 e. The van der Waals surface area contributed by atoms with E-state index in [1.807, 2.05) is 24.3 Å². The van der Waals surface area contributed by atoms with Crippen LogP contribution in [0.1, 0.15) is 29.9 Å². The van der Waals surface area contributed by atoms with Gasteiger partial charge >= 0.3 is 0 Å². The van der Waals surface area contributed by atoms with Gasteiger partial charge in [0.1, 0.15) is 5.76 Å². The largest absolute Gasteiger partial charge is 0.469 e. The van der Waals surface area contributed by atoms with Crippen LogP contribution >= 0.6 is 11.6 Å². The maximum absolute atomic E-state index is 6.09. The zero-order valence-corrected chi connectivity index (χ0v) is 11.5. The van der Waals surface area contributed by atoms with Gasteiger partial charge in [-0.3, -0.25) is 0 Å². The second kappa shape index (κ2) is 6.07. The monoisotopic (exact) mass is 263 g/mol. The zero-order chi connectivity index (χ0) is 13.0. The molecule has 0 spiro atoms. The molecule has 0 aliphatic heterocycles. The molecule has 2 aromatic rings. The zero-order valence-electron chi connectivity index (χ0n) is 10.7. The number of furan rings is 1. The van der Waals surface area contributed by atoms with Gasteiger partial charge in [0.2, 0.25) is 0 Å². The smallest absolute Gasteiger partial charge is 0.105 e. The molecule has 0 fully saturated rings.